The van der Waals surface area contributed by atoms with Crippen LogP contribution in [0.2, 0.25) is 0 Å². The minimum absolute atomic E-state index is 0.711. The van der Waals surface area contributed by atoms with E-state index in [2.05, 4.69) is 17.0 Å². The minimum Gasteiger partial charge on any atom is -0.397 e. The third-order valence-electron chi connectivity index (χ3n) is 3.29. The van der Waals surface area contributed by atoms with Crippen LogP contribution in [0.3, 0.4) is 0 Å². The summed E-state index contributed by atoms with van der Waals surface area (Å²) in [7, 11) is 0. The monoisotopic (exact) mass is 174 g/mol. The van der Waals surface area contributed by atoms with Crippen molar-refractivity contribution in [1.29, 1.82) is 0 Å². The third-order valence-corrected chi connectivity index (χ3v) is 3.29. The second-order valence-electron chi connectivity index (χ2n) is 4.41. The van der Waals surface area contributed by atoms with Crippen molar-refractivity contribution in [3.8, 4) is 0 Å². The Morgan fingerprint density at radius 1 is 1.15 bits per heavy atom. The third kappa shape index (κ3) is 1.01. The van der Waals surface area contributed by atoms with Crippen LogP contribution in [0.4, 0.5) is 11.4 Å². The highest BCUT2D eigenvalue weighted by molar-refractivity contribution is 5.69. The molecule has 68 valence electrons. The summed E-state index contributed by atoms with van der Waals surface area (Å²) in [6, 6.07) is 8.15. The largest absolute Gasteiger partial charge is 0.397 e. The standard InChI is InChI=1S/C11H14N2/c12-9-3-1-2-4-10(9)13-7-11(8-13)5-6-11/h1-4H,5-8,12H2. The van der Waals surface area contributed by atoms with Crippen LogP contribution in [0.1, 0.15) is 12.8 Å². The number of anilines is 2. The maximum absolute atomic E-state index is 5.90. The van der Waals surface area contributed by atoms with Crippen LogP contribution < -0.4 is 10.6 Å². The van der Waals surface area contributed by atoms with Crippen LogP contribution >= 0.6 is 0 Å². The average Bonchev–Trinajstić information content (AvgIpc) is 2.82. The molecule has 2 aliphatic rings. The molecule has 13 heavy (non-hydrogen) atoms. The first-order chi connectivity index (χ1) is 6.29. The van der Waals surface area contributed by atoms with Crippen molar-refractivity contribution in [3.05, 3.63) is 24.3 Å². The summed E-state index contributed by atoms with van der Waals surface area (Å²) in [5.41, 5.74) is 8.75. The molecule has 0 aromatic heterocycles. The average molecular weight is 174 g/mol. The van der Waals surface area contributed by atoms with Crippen molar-refractivity contribution >= 4 is 11.4 Å². The van der Waals surface area contributed by atoms with Gasteiger partial charge in [0, 0.05) is 18.5 Å². The molecule has 0 atom stereocenters. The molecule has 0 bridgehead atoms. The Hall–Kier alpha value is -1.18. The van der Waals surface area contributed by atoms with Gasteiger partial charge in [0.25, 0.3) is 0 Å². The SMILES string of the molecule is Nc1ccccc1N1CC2(CC2)C1. The molecule has 1 aliphatic heterocycles. The lowest BCUT2D eigenvalue weighted by Gasteiger charge is -2.42. The molecule has 0 amide bonds. The summed E-state index contributed by atoms with van der Waals surface area (Å²) >= 11 is 0. The van der Waals surface area contributed by atoms with Crippen LogP contribution in [0.25, 0.3) is 0 Å². The van der Waals surface area contributed by atoms with Gasteiger partial charge >= 0.3 is 0 Å². The second-order valence-corrected chi connectivity index (χ2v) is 4.41. The fourth-order valence-electron chi connectivity index (χ4n) is 2.20. The van der Waals surface area contributed by atoms with Gasteiger partial charge in [-0.1, -0.05) is 12.1 Å². The molecule has 1 saturated heterocycles. The number of nitrogens with two attached hydrogens (primary N) is 1. The lowest BCUT2D eigenvalue weighted by atomic mass is 9.96. The fraction of sp³-hybridized carbons (Fsp3) is 0.455. The van der Waals surface area contributed by atoms with Gasteiger partial charge in [0.1, 0.15) is 0 Å². The summed E-state index contributed by atoms with van der Waals surface area (Å²) in [4.78, 5) is 2.39. The maximum Gasteiger partial charge on any atom is 0.0600 e. The molecule has 1 spiro atoms. The van der Waals surface area contributed by atoms with Gasteiger partial charge in [-0.2, -0.15) is 0 Å². The van der Waals surface area contributed by atoms with E-state index in [0.717, 1.165) is 5.69 Å². The Labute approximate surface area is 78.3 Å². The normalized spacial score (nSPS) is 22.9. The Balaban J connectivity index is 1.82. The zero-order valence-electron chi connectivity index (χ0n) is 7.66. The lowest BCUT2D eigenvalue weighted by molar-refractivity contribution is 0.388. The van der Waals surface area contributed by atoms with E-state index in [0.29, 0.717) is 5.41 Å². The highest BCUT2D eigenvalue weighted by Gasteiger charge is 2.52. The van der Waals surface area contributed by atoms with E-state index in [1.807, 2.05) is 12.1 Å². The van der Waals surface area contributed by atoms with Crippen molar-refractivity contribution < 1.29 is 0 Å². The van der Waals surface area contributed by atoms with Crippen LogP contribution in [0, 0.1) is 5.41 Å². The number of hydrogen-bond acceptors (Lipinski definition) is 2. The highest BCUT2D eigenvalue weighted by atomic mass is 15.2. The molecule has 1 aliphatic carbocycles. The van der Waals surface area contributed by atoms with E-state index >= 15 is 0 Å². The first kappa shape index (κ1) is 7.25. The molecule has 1 heterocycles. The van der Waals surface area contributed by atoms with Gasteiger partial charge < -0.3 is 10.6 Å². The van der Waals surface area contributed by atoms with Crippen LogP contribution in [0.15, 0.2) is 24.3 Å². The second kappa shape index (κ2) is 2.19. The smallest absolute Gasteiger partial charge is 0.0600 e. The molecule has 0 unspecified atom stereocenters. The summed E-state index contributed by atoms with van der Waals surface area (Å²) in [6.45, 7) is 2.45. The van der Waals surface area contributed by atoms with Crippen molar-refractivity contribution in [2.75, 3.05) is 23.7 Å². The molecule has 1 aromatic carbocycles. The number of benzene rings is 1. The lowest BCUT2D eigenvalue weighted by Crippen LogP contribution is -2.48. The molecule has 3 rings (SSSR count). The van der Waals surface area contributed by atoms with Gasteiger partial charge in [0.2, 0.25) is 0 Å². The predicted molar refractivity (Wildman–Crippen MR) is 54.7 cm³/mol. The van der Waals surface area contributed by atoms with E-state index in [9.17, 15) is 0 Å². The van der Waals surface area contributed by atoms with Gasteiger partial charge in [-0.15, -0.1) is 0 Å². The van der Waals surface area contributed by atoms with Crippen molar-refractivity contribution in [2.45, 2.75) is 12.8 Å². The van der Waals surface area contributed by atoms with Gasteiger partial charge in [0.15, 0.2) is 0 Å². The van der Waals surface area contributed by atoms with Crippen molar-refractivity contribution in [1.82, 2.24) is 0 Å². The van der Waals surface area contributed by atoms with Gasteiger partial charge in [0.05, 0.1) is 11.4 Å². The number of nitrogen functional groups attached to an aromatic ring is 1. The van der Waals surface area contributed by atoms with Gasteiger partial charge in [-0.3, -0.25) is 0 Å². The summed E-state index contributed by atoms with van der Waals surface area (Å²) in [6.07, 6.45) is 2.85. The van der Waals surface area contributed by atoms with Crippen molar-refractivity contribution in [2.24, 2.45) is 5.41 Å². The van der Waals surface area contributed by atoms with E-state index in [4.69, 9.17) is 5.73 Å². The van der Waals surface area contributed by atoms with E-state index in [1.54, 1.807) is 0 Å². The number of rotatable bonds is 1. The van der Waals surface area contributed by atoms with Crippen LogP contribution in [0.5, 0.6) is 0 Å². The predicted octanol–water partition coefficient (Wildman–Crippen LogP) is 1.87. The molecule has 2 nitrogen and oxygen atoms in total. The molecule has 2 N–H and O–H groups in total. The fourth-order valence-corrected chi connectivity index (χ4v) is 2.20. The maximum atomic E-state index is 5.90. The minimum atomic E-state index is 0.711. The molecular weight excluding hydrogens is 160 g/mol. The zero-order chi connectivity index (χ0) is 8.89. The first-order valence-corrected chi connectivity index (χ1v) is 4.89. The molecule has 1 aromatic rings. The Morgan fingerprint density at radius 2 is 1.85 bits per heavy atom. The Bertz CT molecular complexity index is 334. The van der Waals surface area contributed by atoms with E-state index < -0.39 is 0 Å². The zero-order valence-corrected chi connectivity index (χ0v) is 7.66. The van der Waals surface area contributed by atoms with Gasteiger partial charge in [-0.25, -0.2) is 0 Å². The van der Waals surface area contributed by atoms with E-state index in [-0.39, 0.29) is 0 Å². The first-order valence-electron chi connectivity index (χ1n) is 4.89. The Kier molecular flexibility index (Phi) is 1.22. The molecule has 0 radical (unpaired) electrons. The summed E-state index contributed by atoms with van der Waals surface area (Å²) < 4.78 is 0. The number of nitrogens with zero attached hydrogens (tertiary/aromatic N) is 1. The molecular formula is C11H14N2. The quantitative estimate of drug-likeness (QED) is 0.658. The molecule has 2 fully saturated rings. The van der Waals surface area contributed by atoms with Crippen molar-refractivity contribution in [3.63, 3.8) is 0 Å². The van der Waals surface area contributed by atoms with Crippen LogP contribution in [-0.2, 0) is 0 Å². The Morgan fingerprint density at radius 3 is 2.46 bits per heavy atom. The number of hydrogen-bond donors (Lipinski definition) is 1. The molecule has 2 heteroatoms. The van der Waals surface area contributed by atoms with Crippen LogP contribution in [-0.4, -0.2) is 13.1 Å². The highest BCUT2D eigenvalue weighted by Crippen LogP contribution is 2.54. The topological polar surface area (TPSA) is 29.3 Å². The van der Waals surface area contributed by atoms with Gasteiger partial charge in [-0.05, 0) is 25.0 Å². The number of para-hydroxylation sites is 2. The summed E-state index contributed by atoms with van der Waals surface area (Å²) in [5.74, 6) is 0. The van der Waals surface area contributed by atoms with E-state index in [1.165, 1.54) is 31.6 Å². The summed E-state index contributed by atoms with van der Waals surface area (Å²) in [5, 5.41) is 0. The molecule has 1 saturated carbocycles.